The van der Waals surface area contributed by atoms with Crippen molar-refractivity contribution in [3.8, 4) is 5.75 Å². The number of phenols is 1. The van der Waals surface area contributed by atoms with Gasteiger partial charge in [-0.25, -0.2) is 0 Å². The van der Waals surface area contributed by atoms with Crippen molar-refractivity contribution in [3.63, 3.8) is 0 Å². The van der Waals surface area contributed by atoms with Crippen LogP contribution in [0.4, 0.5) is 0 Å². The van der Waals surface area contributed by atoms with Gasteiger partial charge >= 0.3 is 0 Å². The molecule has 0 bridgehead atoms. The van der Waals surface area contributed by atoms with E-state index >= 15 is 0 Å². The van der Waals surface area contributed by atoms with Crippen molar-refractivity contribution in [1.82, 2.24) is 5.32 Å². The summed E-state index contributed by atoms with van der Waals surface area (Å²) >= 11 is 4.14. The number of nitrogens with one attached hydrogen (secondary N) is 1. The molecular formula is C15H19I2NO3. The van der Waals surface area contributed by atoms with Gasteiger partial charge in [0.05, 0.1) is 15.7 Å². The fourth-order valence-electron chi connectivity index (χ4n) is 2.79. The molecule has 0 unspecified atom stereocenters. The molecule has 21 heavy (non-hydrogen) atoms. The number of hydrogen-bond donors (Lipinski definition) is 3. The van der Waals surface area contributed by atoms with Crippen molar-refractivity contribution in [2.24, 2.45) is 5.41 Å². The van der Waals surface area contributed by atoms with Crippen LogP contribution in [0.5, 0.6) is 5.75 Å². The highest BCUT2D eigenvalue weighted by atomic mass is 127. The van der Waals surface area contributed by atoms with Crippen molar-refractivity contribution in [3.05, 3.63) is 24.8 Å². The third kappa shape index (κ3) is 4.22. The molecular weight excluding hydrogens is 496 g/mol. The van der Waals surface area contributed by atoms with Crippen LogP contribution < -0.4 is 5.32 Å². The summed E-state index contributed by atoms with van der Waals surface area (Å²) in [6.45, 7) is 0.562. The minimum Gasteiger partial charge on any atom is -0.506 e. The Labute approximate surface area is 152 Å². The van der Waals surface area contributed by atoms with Gasteiger partial charge < -0.3 is 15.5 Å². The number of aromatic hydroxyl groups is 1. The summed E-state index contributed by atoms with van der Waals surface area (Å²) in [4.78, 5) is 12.3. The zero-order valence-electron chi connectivity index (χ0n) is 11.7. The monoisotopic (exact) mass is 515 g/mol. The van der Waals surface area contributed by atoms with E-state index in [9.17, 15) is 15.0 Å². The highest BCUT2D eigenvalue weighted by Gasteiger charge is 2.32. The molecule has 0 saturated heterocycles. The van der Waals surface area contributed by atoms with Gasteiger partial charge in [-0.2, -0.15) is 0 Å². The van der Waals surface area contributed by atoms with Crippen molar-refractivity contribution in [2.75, 3.05) is 13.2 Å². The SMILES string of the molecule is O=C(NCC1(CO)CCCCC1)c1cc(I)cc(I)c1O. The van der Waals surface area contributed by atoms with Crippen molar-refractivity contribution in [2.45, 2.75) is 32.1 Å². The zero-order chi connectivity index (χ0) is 15.5. The Kier molecular flexibility index (Phi) is 6.13. The number of aliphatic hydroxyl groups excluding tert-OH is 1. The molecule has 1 amide bonds. The molecule has 2 rings (SSSR count). The summed E-state index contributed by atoms with van der Waals surface area (Å²) in [5.74, 6) is -0.252. The van der Waals surface area contributed by atoms with E-state index < -0.39 is 0 Å². The number of rotatable bonds is 4. The summed E-state index contributed by atoms with van der Waals surface area (Å²) < 4.78 is 1.58. The van der Waals surface area contributed by atoms with E-state index in [4.69, 9.17) is 0 Å². The smallest absolute Gasteiger partial charge is 0.255 e. The van der Waals surface area contributed by atoms with E-state index in [1.54, 1.807) is 6.07 Å². The minimum atomic E-state index is -0.276. The normalized spacial score (nSPS) is 17.5. The lowest BCUT2D eigenvalue weighted by atomic mass is 9.74. The lowest BCUT2D eigenvalue weighted by Crippen LogP contribution is -2.41. The number of hydrogen-bond acceptors (Lipinski definition) is 3. The Balaban J connectivity index is 2.08. The Hall–Kier alpha value is -0.0900. The van der Waals surface area contributed by atoms with Gasteiger partial charge in [-0.15, -0.1) is 0 Å². The molecule has 3 N–H and O–H groups in total. The number of aliphatic hydroxyl groups is 1. The zero-order valence-corrected chi connectivity index (χ0v) is 16.0. The number of carbonyl (C=O) groups is 1. The summed E-state index contributed by atoms with van der Waals surface area (Å²) in [6, 6.07) is 3.50. The third-order valence-electron chi connectivity index (χ3n) is 4.15. The molecule has 1 aliphatic carbocycles. The molecule has 6 heteroatoms. The summed E-state index contributed by atoms with van der Waals surface area (Å²) in [5.41, 5.74) is 0.105. The lowest BCUT2D eigenvalue weighted by Gasteiger charge is -2.35. The van der Waals surface area contributed by atoms with Crippen LogP contribution in [0.1, 0.15) is 42.5 Å². The van der Waals surface area contributed by atoms with Crippen LogP contribution in [0.25, 0.3) is 0 Å². The first-order valence-electron chi connectivity index (χ1n) is 7.04. The molecule has 0 atom stereocenters. The van der Waals surface area contributed by atoms with Gasteiger partial charge in [0.2, 0.25) is 0 Å². The Morgan fingerprint density at radius 3 is 2.52 bits per heavy atom. The van der Waals surface area contributed by atoms with Gasteiger partial charge in [0.1, 0.15) is 5.75 Å². The molecule has 4 nitrogen and oxygen atoms in total. The largest absolute Gasteiger partial charge is 0.506 e. The first-order chi connectivity index (χ1) is 9.97. The maximum absolute atomic E-state index is 12.3. The predicted molar refractivity (Wildman–Crippen MR) is 98.5 cm³/mol. The van der Waals surface area contributed by atoms with E-state index in [1.807, 2.05) is 28.7 Å². The fraction of sp³-hybridized carbons (Fsp3) is 0.533. The molecule has 1 aliphatic rings. The van der Waals surface area contributed by atoms with Crippen LogP contribution in [0.15, 0.2) is 12.1 Å². The van der Waals surface area contributed by atoms with Crippen LogP contribution in [-0.2, 0) is 0 Å². The van der Waals surface area contributed by atoms with E-state index in [0.717, 1.165) is 29.3 Å². The Morgan fingerprint density at radius 1 is 1.24 bits per heavy atom. The van der Waals surface area contributed by atoms with E-state index in [-0.39, 0.29) is 23.7 Å². The first-order valence-corrected chi connectivity index (χ1v) is 9.20. The third-order valence-corrected chi connectivity index (χ3v) is 5.59. The number of carbonyl (C=O) groups excluding carboxylic acids is 1. The molecule has 1 aromatic carbocycles. The number of amides is 1. The maximum Gasteiger partial charge on any atom is 0.255 e. The van der Waals surface area contributed by atoms with Crippen LogP contribution in [0.3, 0.4) is 0 Å². The van der Waals surface area contributed by atoms with E-state index in [1.165, 1.54) is 6.42 Å². The highest BCUT2D eigenvalue weighted by molar-refractivity contribution is 14.1. The van der Waals surface area contributed by atoms with Crippen LogP contribution >= 0.6 is 45.2 Å². The molecule has 0 aromatic heterocycles. The second kappa shape index (κ2) is 7.45. The van der Waals surface area contributed by atoms with Gasteiger partial charge in [-0.3, -0.25) is 4.79 Å². The first kappa shape index (κ1) is 17.3. The van der Waals surface area contributed by atoms with Gasteiger partial charge in [0.25, 0.3) is 5.91 Å². The fourth-order valence-corrected chi connectivity index (χ4v) is 4.64. The summed E-state index contributed by atoms with van der Waals surface area (Å²) in [5, 5.41) is 22.6. The van der Waals surface area contributed by atoms with Gasteiger partial charge in [0.15, 0.2) is 0 Å². The van der Waals surface area contributed by atoms with E-state index in [2.05, 4.69) is 27.9 Å². The standard InChI is InChI=1S/C15H19I2NO3/c16-10-6-11(13(20)12(17)7-10)14(21)18-8-15(9-19)4-2-1-3-5-15/h6-7,19-20H,1-5,8-9H2,(H,18,21). The van der Waals surface area contributed by atoms with Crippen molar-refractivity contribution in [1.29, 1.82) is 0 Å². The second-order valence-corrected chi connectivity index (χ2v) is 8.09. The average Bonchev–Trinajstić information content (AvgIpc) is 2.49. The summed E-state index contributed by atoms with van der Waals surface area (Å²) in [6.07, 6.45) is 5.29. The average molecular weight is 515 g/mol. The Morgan fingerprint density at radius 2 is 1.90 bits per heavy atom. The van der Waals surface area contributed by atoms with Gasteiger partial charge in [0, 0.05) is 15.5 Å². The molecule has 1 fully saturated rings. The molecule has 0 aliphatic heterocycles. The Bertz CT molecular complexity index is 528. The van der Waals surface area contributed by atoms with Crippen LogP contribution in [0, 0.1) is 12.6 Å². The van der Waals surface area contributed by atoms with Gasteiger partial charge in [-0.05, 0) is 70.2 Å². The molecule has 0 radical (unpaired) electrons. The topological polar surface area (TPSA) is 69.6 Å². The van der Waals surface area contributed by atoms with Crippen molar-refractivity contribution < 1.29 is 15.0 Å². The molecule has 1 saturated carbocycles. The van der Waals surface area contributed by atoms with Crippen LogP contribution in [-0.4, -0.2) is 29.3 Å². The molecule has 1 aromatic rings. The van der Waals surface area contributed by atoms with Crippen LogP contribution in [0.2, 0.25) is 0 Å². The molecule has 0 heterocycles. The maximum atomic E-state index is 12.3. The quantitative estimate of drug-likeness (QED) is 0.540. The molecule has 0 spiro atoms. The number of benzene rings is 1. The second-order valence-electron chi connectivity index (χ2n) is 5.69. The predicted octanol–water partition coefficient (Wildman–Crippen LogP) is 3.27. The van der Waals surface area contributed by atoms with Gasteiger partial charge in [-0.1, -0.05) is 19.3 Å². The number of halogens is 2. The lowest BCUT2D eigenvalue weighted by molar-refractivity contribution is 0.0716. The highest BCUT2D eigenvalue weighted by Crippen LogP contribution is 2.35. The summed E-state index contributed by atoms with van der Waals surface area (Å²) in [7, 11) is 0. The molecule has 116 valence electrons. The minimum absolute atomic E-state index is 0.0233. The van der Waals surface area contributed by atoms with Crippen molar-refractivity contribution >= 4 is 51.1 Å². The van der Waals surface area contributed by atoms with E-state index in [0.29, 0.717) is 15.7 Å². The number of phenolic OH excluding ortho intramolecular Hbond substituents is 1.